The van der Waals surface area contributed by atoms with Gasteiger partial charge in [0.2, 0.25) is 0 Å². The molecule has 0 bridgehead atoms. The minimum atomic E-state index is -0.407. The number of fused-ring (bicyclic) bond motifs is 1. The molecule has 84 valence electrons. The average Bonchev–Trinajstić information content (AvgIpc) is 2.97. The smallest absolute Gasteiger partial charge is 0.287 e. The van der Waals surface area contributed by atoms with E-state index in [1.807, 2.05) is 24.3 Å². The van der Waals surface area contributed by atoms with E-state index >= 15 is 0 Å². The summed E-state index contributed by atoms with van der Waals surface area (Å²) in [6.07, 6.45) is 1.15. The van der Waals surface area contributed by atoms with Crippen LogP contribution in [0.15, 0.2) is 24.3 Å². The highest BCUT2D eigenvalue weighted by Crippen LogP contribution is 2.29. The van der Waals surface area contributed by atoms with Crippen LogP contribution in [0.3, 0.4) is 0 Å². The number of benzene rings is 1. The van der Waals surface area contributed by atoms with Gasteiger partial charge in [0, 0.05) is 6.42 Å². The molecule has 3 rings (SSSR count). The predicted molar refractivity (Wildman–Crippen MR) is 56.8 cm³/mol. The Morgan fingerprint density at radius 3 is 3.00 bits per heavy atom. The summed E-state index contributed by atoms with van der Waals surface area (Å²) in [7, 11) is 0. The first-order valence-corrected chi connectivity index (χ1v) is 5.53. The van der Waals surface area contributed by atoms with Crippen molar-refractivity contribution in [3.8, 4) is 5.75 Å². The van der Waals surface area contributed by atoms with Crippen LogP contribution in [-0.4, -0.2) is 30.2 Å². The quantitative estimate of drug-likeness (QED) is 0.711. The molecule has 2 heterocycles. The van der Waals surface area contributed by atoms with E-state index in [4.69, 9.17) is 9.57 Å². The molecule has 1 amide bonds. The Bertz CT molecular complexity index is 387. The highest BCUT2D eigenvalue weighted by molar-refractivity contribution is 5.81. The molecule has 1 aromatic rings. The van der Waals surface area contributed by atoms with E-state index in [0.29, 0.717) is 19.6 Å². The van der Waals surface area contributed by atoms with Gasteiger partial charge >= 0.3 is 0 Å². The summed E-state index contributed by atoms with van der Waals surface area (Å²) in [6.45, 7) is 1.31. The van der Waals surface area contributed by atoms with Gasteiger partial charge in [-0.15, -0.1) is 0 Å². The lowest BCUT2D eigenvalue weighted by atomic mass is 10.1. The van der Waals surface area contributed by atoms with Crippen molar-refractivity contribution in [1.82, 2.24) is 5.06 Å². The second-order valence-electron chi connectivity index (χ2n) is 4.05. The Hall–Kier alpha value is -1.55. The first-order valence-electron chi connectivity index (χ1n) is 5.53. The van der Waals surface area contributed by atoms with Crippen LogP contribution in [-0.2, 0) is 16.1 Å². The first kappa shape index (κ1) is 9.66. The summed E-state index contributed by atoms with van der Waals surface area (Å²) < 4.78 is 5.61. The van der Waals surface area contributed by atoms with Gasteiger partial charge in [-0.1, -0.05) is 18.2 Å². The van der Waals surface area contributed by atoms with Crippen molar-refractivity contribution in [2.75, 3.05) is 13.2 Å². The summed E-state index contributed by atoms with van der Waals surface area (Å²) >= 11 is 0. The Balaban J connectivity index is 1.73. The van der Waals surface area contributed by atoms with Crippen LogP contribution >= 0.6 is 0 Å². The van der Waals surface area contributed by atoms with E-state index in [9.17, 15) is 4.79 Å². The fourth-order valence-electron chi connectivity index (χ4n) is 2.10. The zero-order valence-electron chi connectivity index (χ0n) is 8.89. The van der Waals surface area contributed by atoms with E-state index in [-0.39, 0.29) is 5.91 Å². The normalized spacial score (nSPS) is 23.0. The van der Waals surface area contributed by atoms with E-state index in [1.54, 1.807) is 0 Å². The minimum Gasteiger partial charge on any atom is -0.480 e. The number of rotatable bonds is 1. The van der Waals surface area contributed by atoms with Crippen LogP contribution in [0.25, 0.3) is 0 Å². The maximum absolute atomic E-state index is 12.0. The molecule has 0 spiro atoms. The van der Waals surface area contributed by atoms with Crippen LogP contribution in [0.1, 0.15) is 12.0 Å². The zero-order chi connectivity index (χ0) is 11.0. The molecule has 0 saturated carbocycles. The number of para-hydroxylation sites is 1. The summed E-state index contributed by atoms with van der Waals surface area (Å²) in [6, 6.07) is 7.76. The highest BCUT2D eigenvalue weighted by Gasteiger charge is 2.34. The van der Waals surface area contributed by atoms with Crippen LogP contribution in [0.4, 0.5) is 0 Å². The highest BCUT2D eigenvalue weighted by atomic mass is 16.7. The molecule has 4 nitrogen and oxygen atoms in total. The molecule has 1 fully saturated rings. The summed E-state index contributed by atoms with van der Waals surface area (Å²) in [5.41, 5.74) is 1.10. The third kappa shape index (κ3) is 1.55. The van der Waals surface area contributed by atoms with Gasteiger partial charge in [0.25, 0.3) is 5.91 Å². The number of hydrogen-bond donors (Lipinski definition) is 0. The molecule has 0 aromatic heterocycles. The lowest BCUT2D eigenvalue weighted by Gasteiger charge is -2.17. The molecule has 1 aromatic carbocycles. The predicted octanol–water partition coefficient (Wildman–Crippen LogP) is 1.15. The Kier molecular flexibility index (Phi) is 2.29. The number of carbonyl (C=O) groups is 1. The van der Waals surface area contributed by atoms with Gasteiger partial charge in [-0.2, -0.15) is 0 Å². The van der Waals surface area contributed by atoms with Crippen molar-refractivity contribution >= 4 is 5.91 Å². The molecule has 4 heteroatoms. The van der Waals surface area contributed by atoms with E-state index in [1.165, 1.54) is 5.06 Å². The number of amides is 1. The monoisotopic (exact) mass is 219 g/mol. The minimum absolute atomic E-state index is 0.0614. The zero-order valence-corrected chi connectivity index (χ0v) is 8.89. The van der Waals surface area contributed by atoms with Crippen LogP contribution in [0, 0.1) is 0 Å². The second-order valence-corrected chi connectivity index (χ2v) is 4.05. The summed E-state index contributed by atoms with van der Waals surface area (Å²) in [4.78, 5) is 17.2. The molecule has 1 unspecified atom stereocenters. The van der Waals surface area contributed by atoms with Gasteiger partial charge in [0.15, 0.2) is 6.10 Å². The van der Waals surface area contributed by atoms with Gasteiger partial charge < -0.3 is 4.74 Å². The average molecular weight is 219 g/mol. The van der Waals surface area contributed by atoms with Crippen molar-refractivity contribution in [1.29, 1.82) is 0 Å². The van der Waals surface area contributed by atoms with Crippen LogP contribution in [0.5, 0.6) is 5.75 Å². The summed E-state index contributed by atoms with van der Waals surface area (Å²) in [5.74, 6) is 0.758. The second kappa shape index (κ2) is 3.79. The largest absolute Gasteiger partial charge is 0.480 e. The van der Waals surface area contributed by atoms with Crippen molar-refractivity contribution in [3.63, 3.8) is 0 Å². The van der Waals surface area contributed by atoms with Crippen molar-refractivity contribution in [2.24, 2.45) is 0 Å². The molecule has 16 heavy (non-hydrogen) atoms. The van der Waals surface area contributed by atoms with Crippen molar-refractivity contribution in [2.45, 2.75) is 18.9 Å². The lowest BCUT2D eigenvalue weighted by molar-refractivity contribution is -0.175. The third-order valence-electron chi connectivity index (χ3n) is 2.92. The summed E-state index contributed by atoms with van der Waals surface area (Å²) in [5, 5.41) is 1.43. The molecule has 2 aliphatic heterocycles. The number of carbonyl (C=O) groups excluding carboxylic acids is 1. The molecule has 0 aliphatic carbocycles. The van der Waals surface area contributed by atoms with E-state index < -0.39 is 6.10 Å². The Morgan fingerprint density at radius 2 is 2.25 bits per heavy atom. The maximum atomic E-state index is 12.0. The third-order valence-corrected chi connectivity index (χ3v) is 2.92. The van der Waals surface area contributed by atoms with Gasteiger partial charge in [0.1, 0.15) is 5.75 Å². The lowest BCUT2D eigenvalue weighted by Crippen LogP contribution is -2.38. The van der Waals surface area contributed by atoms with Gasteiger partial charge in [0.05, 0.1) is 13.2 Å². The number of hydrogen-bond acceptors (Lipinski definition) is 3. The Morgan fingerprint density at radius 1 is 1.38 bits per heavy atom. The molecule has 0 radical (unpaired) electrons. The van der Waals surface area contributed by atoms with Gasteiger partial charge in [-0.25, -0.2) is 5.06 Å². The van der Waals surface area contributed by atoms with E-state index in [2.05, 4.69) is 0 Å². The van der Waals surface area contributed by atoms with Crippen LogP contribution in [0.2, 0.25) is 0 Å². The fourth-order valence-corrected chi connectivity index (χ4v) is 2.10. The number of ether oxygens (including phenoxy) is 1. The molecular weight excluding hydrogens is 206 g/mol. The molecule has 2 aliphatic rings. The first-order chi connectivity index (χ1) is 7.84. The van der Waals surface area contributed by atoms with Crippen molar-refractivity contribution < 1.29 is 14.4 Å². The SMILES string of the molecule is O=C(C1Cc2ccccc2O1)N1CCCO1. The van der Waals surface area contributed by atoms with Gasteiger partial charge in [-0.05, 0) is 18.1 Å². The molecule has 0 N–H and O–H groups in total. The fraction of sp³-hybridized carbons (Fsp3) is 0.417. The topological polar surface area (TPSA) is 38.8 Å². The van der Waals surface area contributed by atoms with Gasteiger partial charge in [-0.3, -0.25) is 9.63 Å². The molecular formula is C12H13NO3. The standard InChI is InChI=1S/C12H13NO3/c14-12(13-6-3-7-15-13)11-8-9-4-1-2-5-10(9)16-11/h1-2,4-5,11H,3,6-8H2. The molecule has 1 atom stereocenters. The number of nitrogens with zero attached hydrogens (tertiary/aromatic N) is 1. The Labute approximate surface area is 93.7 Å². The molecule has 1 saturated heterocycles. The van der Waals surface area contributed by atoms with Crippen molar-refractivity contribution in [3.05, 3.63) is 29.8 Å². The van der Waals surface area contributed by atoms with E-state index in [0.717, 1.165) is 17.7 Å². The number of hydroxylamine groups is 2. The maximum Gasteiger partial charge on any atom is 0.287 e. The van der Waals surface area contributed by atoms with Crippen LogP contribution < -0.4 is 4.74 Å².